The van der Waals surface area contributed by atoms with E-state index >= 15 is 0 Å². The molecule has 1 saturated carbocycles. The van der Waals surface area contributed by atoms with Crippen molar-refractivity contribution in [3.63, 3.8) is 0 Å². The minimum Gasteiger partial charge on any atom is -0.335 e. The molecule has 4 nitrogen and oxygen atoms in total. The third-order valence-electron chi connectivity index (χ3n) is 5.29. The van der Waals surface area contributed by atoms with Crippen LogP contribution >= 0.6 is 15.9 Å². The van der Waals surface area contributed by atoms with Gasteiger partial charge in [0.25, 0.3) is 0 Å². The number of alkyl halides is 3. The number of rotatable bonds is 3. The van der Waals surface area contributed by atoms with Crippen LogP contribution in [0.3, 0.4) is 0 Å². The fourth-order valence-electron chi connectivity index (χ4n) is 3.80. The maximum absolute atomic E-state index is 13.3. The lowest BCUT2D eigenvalue weighted by atomic mass is 9.96. The van der Waals surface area contributed by atoms with E-state index < -0.39 is 17.9 Å². The van der Waals surface area contributed by atoms with Gasteiger partial charge in [-0.2, -0.15) is 18.3 Å². The Hall–Kier alpha value is -1.05. The zero-order valence-corrected chi connectivity index (χ0v) is 16.2. The molecule has 0 radical (unpaired) electrons. The first kappa shape index (κ1) is 18.7. The molecule has 3 atom stereocenters. The van der Waals surface area contributed by atoms with Gasteiger partial charge in [-0.15, -0.1) is 0 Å². The number of carbonyl (C=O) groups excluding carboxylic acids is 1. The summed E-state index contributed by atoms with van der Waals surface area (Å²) in [5, 5.41) is 3.81. The van der Waals surface area contributed by atoms with Crippen LogP contribution in [0, 0.1) is 0 Å². The van der Waals surface area contributed by atoms with Crippen molar-refractivity contribution in [2.45, 2.75) is 83.1 Å². The number of amides is 1. The quantitative estimate of drug-likeness (QED) is 0.696. The van der Waals surface area contributed by atoms with Crippen LogP contribution in [0.1, 0.15) is 76.2 Å². The molecule has 3 rings (SSSR count). The first-order valence-corrected chi connectivity index (χ1v) is 9.59. The Bertz CT molecular complexity index is 659. The highest BCUT2D eigenvalue weighted by Gasteiger charge is 2.44. The summed E-state index contributed by atoms with van der Waals surface area (Å²) in [6.07, 6.45) is 0.0450. The summed E-state index contributed by atoms with van der Waals surface area (Å²) >= 11 is 3.09. The molecule has 140 valence electrons. The summed E-state index contributed by atoms with van der Waals surface area (Å²) in [5.74, 6) is -0.102. The summed E-state index contributed by atoms with van der Waals surface area (Å²) in [6, 6.07) is -0.542. The van der Waals surface area contributed by atoms with Gasteiger partial charge in [0.15, 0.2) is 5.69 Å². The van der Waals surface area contributed by atoms with Crippen molar-refractivity contribution in [3.8, 4) is 0 Å². The summed E-state index contributed by atoms with van der Waals surface area (Å²) < 4.78 is 41.1. The van der Waals surface area contributed by atoms with Crippen LogP contribution in [0.25, 0.3) is 0 Å². The molecule has 0 N–H and O–H groups in total. The molecule has 1 aromatic rings. The van der Waals surface area contributed by atoms with Crippen LogP contribution < -0.4 is 0 Å². The molecule has 1 amide bonds. The van der Waals surface area contributed by atoms with Gasteiger partial charge in [-0.25, -0.2) is 0 Å². The van der Waals surface area contributed by atoms with Crippen molar-refractivity contribution in [2.75, 3.05) is 0 Å². The van der Waals surface area contributed by atoms with E-state index in [1.807, 2.05) is 18.7 Å². The van der Waals surface area contributed by atoms with E-state index in [1.54, 1.807) is 6.92 Å². The van der Waals surface area contributed by atoms with E-state index in [2.05, 4.69) is 21.0 Å². The monoisotopic (exact) mass is 421 g/mol. The standard InChI is InChI=1S/C17H23BrF3N3O/c1-9-5-4-6-10(2)23(9)16(25)11(3)24-14(12-7-8-12)13(18)15(22-24)17(19,20)21/h9-12H,4-8H2,1-3H3/t9-,10-,11+/m1/s1. The topological polar surface area (TPSA) is 38.1 Å². The highest BCUT2D eigenvalue weighted by Crippen LogP contribution is 2.48. The third-order valence-corrected chi connectivity index (χ3v) is 6.07. The van der Waals surface area contributed by atoms with Crippen molar-refractivity contribution < 1.29 is 18.0 Å². The number of hydrogen-bond acceptors (Lipinski definition) is 2. The molecule has 2 fully saturated rings. The lowest BCUT2D eigenvalue weighted by Crippen LogP contribution is -2.50. The lowest BCUT2D eigenvalue weighted by Gasteiger charge is -2.40. The lowest BCUT2D eigenvalue weighted by molar-refractivity contribution is -0.144. The van der Waals surface area contributed by atoms with Crippen molar-refractivity contribution >= 4 is 21.8 Å². The SMILES string of the molecule is C[C@@H]1CCC[C@@H](C)N1C(=O)[C@H](C)n1nc(C(F)(F)F)c(Br)c1C1CC1. The van der Waals surface area contributed by atoms with Crippen LogP contribution in [-0.4, -0.2) is 32.7 Å². The van der Waals surface area contributed by atoms with Gasteiger partial charge in [-0.3, -0.25) is 9.48 Å². The Labute approximate surface area is 153 Å². The zero-order valence-electron chi connectivity index (χ0n) is 14.6. The second kappa shape index (κ2) is 6.59. The molecule has 1 saturated heterocycles. The fourth-order valence-corrected chi connectivity index (χ4v) is 4.61. The van der Waals surface area contributed by atoms with Gasteiger partial charge in [0.1, 0.15) is 6.04 Å². The largest absolute Gasteiger partial charge is 0.436 e. The van der Waals surface area contributed by atoms with Gasteiger partial charge in [0.05, 0.1) is 10.2 Å². The van der Waals surface area contributed by atoms with Crippen LogP contribution in [-0.2, 0) is 11.0 Å². The number of carbonyl (C=O) groups is 1. The zero-order chi connectivity index (χ0) is 18.5. The molecule has 1 aromatic heterocycles. The van der Waals surface area contributed by atoms with Crippen molar-refractivity contribution in [1.29, 1.82) is 0 Å². The van der Waals surface area contributed by atoms with Crippen LogP contribution in [0.4, 0.5) is 13.2 Å². The van der Waals surface area contributed by atoms with Crippen molar-refractivity contribution in [3.05, 3.63) is 15.9 Å². The maximum Gasteiger partial charge on any atom is 0.436 e. The number of hydrogen-bond donors (Lipinski definition) is 0. The second-order valence-corrected chi connectivity index (χ2v) is 8.11. The molecule has 1 aliphatic carbocycles. The molecule has 0 spiro atoms. The van der Waals surface area contributed by atoms with E-state index in [4.69, 9.17) is 0 Å². The van der Waals surface area contributed by atoms with Gasteiger partial charge < -0.3 is 4.90 Å². The summed E-state index contributed by atoms with van der Waals surface area (Å²) in [5.41, 5.74) is -0.431. The number of aromatic nitrogens is 2. The summed E-state index contributed by atoms with van der Waals surface area (Å²) in [4.78, 5) is 14.9. The Morgan fingerprint density at radius 2 is 1.76 bits per heavy atom. The molecule has 1 aliphatic heterocycles. The van der Waals surface area contributed by atoms with E-state index in [9.17, 15) is 18.0 Å². The van der Waals surface area contributed by atoms with Crippen LogP contribution in [0.5, 0.6) is 0 Å². The molecular formula is C17H23BrF3N3O. The van der Waals surface area contributed by atoms with E-state index in [-0.39, 0.29) is 28.4 Å². The van der Waals surface area contributed by atoms with Crippen molar-refractivity contribution in [2.24, 2.45) is 0 Å². The Morgan fingerprint density at radius 1 is 1.20 bits per heavy atom. The Kier molecular flexibility index (Phi) is 4.94. The van der Waals surface area contributed by atoms with E-state index in [0.29, 0.717) is 5.69 Å². The molecule has 0 bridgehead atoms. The highest BCUT2D eigenvalue weighted by molar-refractivity contribution is 9.10. The smallest absolute Gasteiger partial charge is 0.335 e. The predicted molar refractivity (Wildman–Crippen MR) is 91.2 cm³/mol. The molecule has 0 unspecified atom stereocenters. The van der Waals surface area contributed by atoms with E-state index in [0.717, 1.165) is 32.1 Å². The predicted octanol–water partition coefficient (Wildman–Crippen LogP) is 4.89. The molecule has 8 heteroatoms. The second-order valence-electron chi connectivity index (χ2n) is 7.31. The number of halogens is 4. The first-order valence-electron chi connectivity index (χ1n) is 8.80. The summed E-state index contributed by atoms with van der Waals surface area (Å²) in [7, 11) is 0. The molecular weight excluding hydrogens is 399 g/mol. The minimum atomic E-state index is -4.54. The molecule has 25 heavy (non-hydrogen) atoms. The molecule has 2 aliphatic rings. The minimum absolute atomic E-state index is 0.0121. The van der Waals surface area contributed by atoms with Crippen LogP contribution in [0.2, 0.25) is 0 Å². The molecule has 2 heterocycles. The van der Waals surface area contributed by atoms with Gasteiger partial charge in [-0.1, -0.05) is 0 Å². The van der Waals surface area contributed by atoms with Crippen LogP contribution in [0.15, 0.2) is 4.47 Å². The van der Waals surface area contributed by atoms with Gasteiger partial charge in [-0.05, 0) is 68.8 Å². The Morgan fingerprint density at radius 3 is 2.24 bits per heavy atom. The number of nitrogens with zero attached hydrogens (tertiary/aromatic N) is 3. The highest BCUT2D eigenvalue weighted by atomic mass is 79.9. The summed E-state index contributed by atoms with van der Waals surface area (Å²) in [6.45, 7) is 5.66. The van der Waals surface area contributed by atoms with Gasteiger partial charge >= 0.3 is 6.18 Å². The van der Waals surface area contributed by atoms with Gasteiger partial charge in [0, 0.05) is 18.0 Å². The molecule has 0 aromatic carbocycles. The normalized spacial score (nSPS) is 26.0. The average Bonchev–Trinajstić information content (AvgIpc) is 3.27. The number of piperidine rings is 1. The first-order chi connectivity index (χ1) is 11.6. The fraction of sp³-hybridized carbons (Fsp3) is 0.765. The number of likely N-dealkylation sites (tertiary alicyclic amines) is 1. The average molecular weight is 422 g/mol. The maximum atomic E-state index is 13.3. The third kappa shape index (κ3) is 3.46. The van der Waals surface area contributed by atoms with E-state index in [1.165, 1.54) is 4.68 Å². The van der Waals surface area contributed by atoms with Crippen molar-refractivity contribution in [1.82, 2.24) is 14.7 Å². The van der Waals surface area contributed by atoms with Gasteiger partial charge in [0.2, 0.25) is 5.91 Å². The Balaban J connectivity index is 1.96.